The number of rotatable bonds is 3. The quantitative estimate of drug-likeness (QED) is 0.246. The van der Waals surface area contributed by atoms with E-state index < -0.39 is 0 Å². The third kappa shape index (κ3) is 2.33. The van der Waals surface area contributed by atoms with E-state index in [0.29, 0.717) is 0 Å². The molecule has 0 fully saturated rings. The van der Waals surface area contributed by atoms with Gasteiger partial charge in [0.1, 0.15) is 0 Å². The van der Waals surface area contributed by atoms with Crippen LogP contribution in [0.1, 0.15) is 27.0 Å². The summed E-state index contributed by atoms with van der Waals surface area (Å²) in [5, 5.41) is 3.49. The van der Waals surface area contributed by atoms with Gasteiger partial charge in [0.05, 0.1) is 22.6 Å². The van der Waals surface area contributed by atoms with E-state index in [2.05, 4.69) is 52.1 Å². The fourth-order valence-corrected chi connectivity index (χ4v) is 9.42. The van der Waals surface area contributed by atoms with Crippen molar-refractivity contribution < 1.29 is 4.79 Å². The van der Waals surface area contributed by atoms with Crippen molar-refractivity contribution in [2.75, 3.05) is 9.62 Å². The molecule has 3 aliphatic rings. The van der Waals surface area contributed by atoms with Gasteiger partial charge >= 0.3 is 0 Å². The summed E-state index contributed by atoms with van der Waals surface area (Å²) in [6.45, 7) is 0. The average Bonchev–Trinajstić information content (AvgIpc) is 3.34. The molecular weight excluding hydrogens is 420 g/mol. The lowest BCUT2D eigenvalue weighted by Gasteiger charge is -2.25. The van der Waals surface area contributed by atoms with Crippen LogP contribution in [-0.2, 0) is 0 Å². The number of nitrogens with one attached hydrogen (secondary N) is 1. The van der Waals surface area contributed by atoms with Crippen LogP contribution in [0.2, 0.25) is 0 Å². The zero-order chi connectivity index (χ0) is 20.5. The van der Waals surface area contributed by atoms with E-state index in [1.54, 1.807) is 0 Å². The largest absolute Gasteiger partial charge is 0.355 e. The first kappa shape index (κ1) is 17.4. The highest BCUT2D eigenvalue weighted by molar-refractivity contribution is 8.85. The second kappa shape index (κ2) is 6.36. The highest BCUT2D eigenvalue weighted by Crippen LogP contribution is 2.63. The Balaban J connectivity index is 1.49. The smallest absolute Gasteiger partial charge is 0.196 e. The summed E-state index contributed by atoms with van der Waals surface area (Å²) in [7, 11) is 1.67. The minimum absolute atomic E-state index is 0.108. The van der Waals surface area contributed by atoms with Gasteiger partial charge in [0.2, 0.25) is 0 Å². The van der Waals surface area contributed by atoms with Crippen LogP contribution in [-0.4, -0.2) is 10.6 Å². The Hall–Kier alpha value is -3.28. The van der Waals surface area contributed by atoms with Crippen LogP contribution in [0.5, 0.6) is 0 Å². The van der Waals surface area contributed by atoms with E-state index in [4.69, 9.17) is 0 Å². The summed E-state index contributed by atoms with van der Waals surface area (Å²) < 4.78 is 2.41. The fourth-order valence-electron chi connectivity index (χ4n) is 4.61. The predicted molar refractivity (Wildman–Crippen MR) is 131 cm³/mol. The molecule has 7 rings (SSSR count). The summed E-state index contributed by atoms with van der Waals surface area (Å²) in [5.74, 6) is 0.108. The van der Waals surface area contributed by atoms with Gasteiger partial charge in [-0.25, -0.2) is 0 Å². The van der Waals surface area contributed by atoms with Gasteiger partial charge in [-0.05, 0) is 63.0 Å². The predicted octanol–water partition coefficient (Wildman–Crippen LogP) is 6.90. The zero-order valence-electron chi connectivity index (χ0n) is 16.3. The summed E-state index contributed by atoms with van der Waals surface area (Å²) in [4.78, 5) is 16.3. The standard InChI is InChI=1S/C26H16N2OS2/c29-25-18-12-7-13-20-22(18)26-24-21(30-31(26)28(20)17-10-5-2-6-11-17)15-14-19(23(24)25)27-16-8-3-1-4-9-16/h1-15,27H. The van der Waals surface area contributed by atoms with Crippen molar-refractivity contribution >= 4 is 53.9 Å². The van der Waals surface area contributed by atoms with Crippen molar-refractivity contribution in [1.82, 2.24) is 0 Å². The van der Waals surface area contributed by atoms with Gasteiger partial charge in [-0.3, -0.25) is 9.10 Å². The van der Waals surface area contributed by atoms with Crippen LogP contribution in [0.25, 0.3) is 0 Å². The van der Waals surface area contributed by atoms with Crippen LogP contribution in [0.15, 0.2) is 95.9 Å². The molecule has 1 atom stereocenters. The second-order valence-corrected chi connectivity index (χ2v) is 11.0. The molecule has 1 N–H and O–H groups in total. The van der Waals surface area contributed by atoms with E-state index in [1.165, 1.54) is 9.76 Å². The summed E-state index contributed by atoms with van der Waals surface area (Å²) in [6, 6.07) is 30.9. The van der Waals surface area contributed by atoms with E-state index in [1.807, 2.05) is 59.3 Å². The maximum absolute atomic E-state index is 13.8. The molecule has 0 amide bonds. The lowest BCUT2D eigenvalue weighted by atomic mass is 9.83. The maximum atomic E-state index is 13.8. The van der Waals surface area contributed by atoms with Crippen molar-refractivity contribution in [2.24, 2.45) is 0 Å². The van der Waals surface area contributed by atoms with Gasteiger partial charge in [0, 0.05) is 32.1 Å². The number of carbonyl (C=O) groups excluding carboxylic acids is 1. The molecule has 0 saturated carbocycles. The lowest BCUT2D eigenvalue weighted by Crippen LogP contribution is -2.21. The molecule has 2 heterocycles. The number of nitrogens with zero attached hydrogens (tertiary/aromatic N) is 1. The first-order valence-corrected chi connectivity index (χ1v) is 12.6. The number of benzene rings is 4. The molecule has 2 aliphatic heterocycles. The Kier molecular flexibility index (Phi) is 3.57. The molecule has 0 radical (unpaired) electrons. The second-order valence-electron chi connectivity index (χ2n) is 7.67. The zero-order valence-corrected chi connectivity index (χ0v) is 18.0. The fraction of sp³-hybridized carbons (Fsp3) is 0. The maximum Gasteiger partial charge on any atom is 0.196 e. The molecule has 0 spiro atoms. The van der Waals surface area contributed by atoms with Crippen LogP contribution in [0, 0.1) is 0 Å². The normalized spacial score (nSPS) is 17.2. The van der Waals surface area contributed by atoms with Gasteiger partial charge in [-0.2, -0.15) is 0 Å². The van der Waals surface area contributed by atoms with Gasteiger partial charge in [-0.1, -0.05) is 48.5 Å². The molecule has 1 aliphatic carbocycles. The highest BCUT2D eigenvalue weighted by Gasteiger charge is 2.44. The molecule has 0 aromatic heterocycles. The van der Waals surface area contributed by atoms with Crippen molar-refractivity contribution in [3.8, 4) is 0 Å². The first-order chi connectivity index (χ1) is 15.3. The van der Waals surface area contributed by atoms with E-state index in [9.17, 15) is 4.79 Å². The Morgan fingerprint density at radius 2 is 1.52 bits per heavy atom. The van der Waals surface area contributed by atoms with E-state index in [0.717, 1.165) is 45.0 Å². The molecule has 31 heavy (non-hydrogen) atoms. The highest BCUT2D eigenvalue weighted by atomic mass is 33.1. The van der Waals surface area contributed by atoms with Crippen molar-refractivity contribution in [3.05, 3.63) is 113 Å². The number of hydrogen-bond donors (Lipinski definition) is 1. The Labute approximate surface area is 186 Å². The molecule has 1 unspecified atom stereocenters. The van der Waals surface area contributed by atoms with Crippen LogP contribution < -0.4 is 9.62 Å². The third-order valence-corrected chi connectivity index (χ3v) is 10.0. The number of hydrogen-bond acceptors (Lipinski definition) is 4. The molecule has 4 aromatic carbocycles. The van der Waals surface area contributed by atoms with Gasteiger partial charge in [-0.15, -0.1) is 0 Å². The van der Waals surface area contributed by atoms with Crippen LogP contribution in [0.3, 0.4) is 0 Å². The monoisotopic (exact) mass is 436 g/mol. The van der Waals surface area contributed by atoms with Crippen molar-refractivity contribution in [1.29, 1.82) is 0 Å². The Morgan fingerprint density at radius 1 is 0.742 bits per heavy atom. The first-order valence-electron chi connectivity index (χ1n) is 10.1. The number of anilines is 4. The Morgan fingerprint density at radius 3 is 2.32 bits per heavy atom. The molecule has 4 aromatic rings. The van der Waals surface area contributed by atoms with E-state index >= 15 is 0 Å². The molecule has 5 heteroatoms. The molecular formula is C26H16N2OS2. The summed E-state index contributed by atoms with van der Waals surface area (Å²) >= 11 is 0. The topological polar surface area (TPSA) is 32.3 Å². The molecule has 0 bridgehead atoms. The number of ketones is 1. The van der Waals surface area contributed by atoms with Crippen molar-refractivity contribution in [2.45, 2.75) is 4.90 Å². The van der Waals surface area contributed by atoms with Crippen LogP contribution in [0.4, 0.5) is 22.7 Å². The minimum atomic E-state index is -0.202. The minimum Gasteiger partial charge on any atom is -0.355 e. The summed E-state index contributed by atoms with van der Waals surface area (Å²) in [5.41, 5.74) is 8.03. The van der Waals surface area contributed by atoms with Gasteiger partial charge in [0.25, 0.3) is 0 Å². The lowest BCUT2D eigenvalue weighted by molar-refractivity contribution is 0.103. The van der Waals surface area contributed by atoms with Crippen molar-refractivity contribution in [3.63, 3.8) is 0 Å². The summed E-state index contributed by atoms with van der Waals surface area (Å²) in [6.07, 6.45) is 0. The SMILES string of the molecule is O=C1c2cccc3c2C2=S(Sc4ccc(Nc5ccccc5)c1c42)N3c1ccccc1. The molecule has 148 valence electrons. The van der Waals surface area contributed by atoms with Gasteiger partial charge < -0.3 is 5.32 Å². The number of para-hydroxylation sites is 2. The van der Waals surface area contributed by atoms with E-state index in [-0.39, 0.29) is 15.5 Å². The van der Waals surface area contributed by atoms with Gasteiger partial charge in [0.15, 0.2) is 5.78 Å². The average molecular weight is 437 g/mol. The van der Waals surface area contributed by atoms with Crippen LogP contribution >= 0.6 is 20.5 Å². The third-order valence-electron chi connectivity index (χ3n) is 5.91. The molecule has 3 nitrogen and oxygen atoms in total. The molecule has 0 saturated heterocycles. The number of carbonyl (C=O) groups is 1. The Bertz CT molecular complexity index is 1450.